The first kappa shape index (κ1) is 13.9. The van der Waals surface area contributed by atoms with Crippen molar-refractivity contribution in [2.24, 2.45) is 0 Å². The molecule has 0 saturated carbocycles. The number of benzene rings is 1. The van der Waals surface area contributed by atoms with Crippen molar-refractivity contribution in [3.8, 4) is 11.5 Å². The Labute approximate surface area is 105 Å². The molecule has 0 aliphatic carbocycles. The molecule has 1 unspecified atom stereocenters. The van der Waals surface area contributed by atoms with Crippen LogP contribution in [0.1, 0.15) is 45.1 Å². The zero-order chi connectivity index (χ0) is 12.7. The number of hydrogen-bond acceptors (Lipinski definition) is 2. The Bertz CT molecular complexity index is 332. The summed E-state index contributed by atoms with van der Waals surface area (Å²) in [6.07, 6.45) is 2.22. The fourth-order valence-electron chi connectivity index (χ4n) is 1.55. The van der Waals surface area contributed by atoms with Crippen LogP contribution in [0.15, 0.2) is 18.2 Å². The predicted molar refractivity (Wildman–Crippen MR) is 71.8 cm³/mol. The maximum absolute atomic E-state index is 5.72. The summed E-state index contributed by atoms with van der Waals surface area (Å²) in [5.41, 5.74) is 1.16. The van der Waals surface area contributed by atoms with E-state index in [-0.39, 0.29) is 5.92 Å². The van der Waals surface area contributed by atoms with Crippen molar-refractivity contribution < 1.29 is 9.47 Å². The van der Waals surface area contributed by atoms with Crippen LogP contribution in [0.2, 0.25) is 0 Å². The molecule has 1 radical (unpaired) electrons. The molecule has 1 aromatic rings. The molecular weight excluding hydrogens is 212 g/mol. The fraction of sp³-hybridized carbons (Fsp3) is 0.533. The van der Waals surface area contributed by atoms with Gasteiger partial charge in [-0.1, -0.05) is 20.3 Å². The molecule has 0 aliphatic heterocycles. The van der Waals surface area contributed by atoms with Gasteiger partial charge in [-0.2, -0.15) is 0 Å². The lowest BCUT2D eigenvalue weighted by Crippen LogP contribution is -2.00. The number of unbranched alkanes of at least 4 members (excludes halogenated alkanes) is 1. The van der Waals surface area contributed by atoms with Crippen LogP contribution in [-0.2, 0) is 0 Å². The molecule has 0 bridgehead atoms. The minimum atomic E-state index is 0.240. The highest BCUT2D eigenvalue weighted by Gasteiger charge is 2.06. The quantitative estimate of drug-likeness (QED) is 0.659. The highest BCUT2D eigenvalue weighted by molar-refractivity contribution is 5.40. The summed E-state index contributed by atoms with van der Waals surface area (Å²) in [6, 6.07) is 6.04. The lowest BCUT2D eigenvalue weighted by molar-refractivity contribution is 0.302. The first-order valence-corrected chi connectivity index (χ1v) is 6.41. The number of rotatable bonds is 7. The van der Waals surface area contributed by atoms with Crippen molar-refractivity contribution in [3.05, 3.63) is 30.7 Å². The Hall–Kier alpha value is -1.18. The first-order chi connectivity index (χ1) is 8.17. The van der Waals surface area contributed by atoms with Gasteiger partial charge in [0.2, 0.25) is 0 Å². The first-order valence-electron chi connectivity index (χ1n) is 6.41. The van der Waals surface area contributed by atoms with E-state index in [1.807, 2.05) is 19.1 Å². The summed E-state index contributed by atoms with van der Waals surface area (Å²) in [6.45, 7) is 11.7. The van der Waals surface area contributed by atoms with E-state index in [0.717, 1.165) is 36.5 Å². The van der Waals surface area contributed by atoms with E-state index in [0.29, 0.717) is 6.61 Å². The normalized spacial score (nSPS) is 10.6. The van der Waals surface area contributed by atoms with E-state index in [4.69, 9.17) is 9.47 Å². The van der Waals surface area contributed by atoms with Crippen molar-refractivity contribution >= 4 is 0 Å². The molecule has 0 heterocycles. The van der Waals surface area contributed by atoms with Crippen LogP contribution in [0, 0.1) is 6.92 Å². The Morgan fingerprint density at radius 3 is 2.29 bits per heavy atom. The molecule has 1 aromatic carbocycles. The van der Waals surface area contributed by atoms with Gasteiger partial charge in [-0.15, -0.1) is 0 Å². The van der Waals surface area contributed by atoms with Crippen LogP contribution in [0.4, 0.5) is 0 Å². The van der Waals surface area contributed by atoms with Gasteiger partial charge in [0.15, 0.2) is 0 Å². The Morgan fingerprint density at radius 2 is 1.76 bits per heavy atom. The van der Waals surface area contributed by atoms with Crippen LogP contribution in [0.5, 0.6) is 11.5 Å². The molecule has 0 N–H and O–H groups in total. The highest BCUT2D eigenvalue weighted by Crippen LogP contribution is 2.27. The molecule has 0 saturated heterocycles. The van der Waals surface area contributed by atoms with Gasteiger partial charge in [0.05, 0.1) is 13.2 Å². The maximum Gasteiger partial charge on any atom is 0.123 e. The van der Waals surface area contributed by atoms with Gasteiger partial charge in [-0.3, -0.25) is 0 Å². The number of ether oxygens (including phenoxy) is 2. The predicted octanol–water partition coefficient (Wildman–Crippen LogP) is 4.20. The topological polar surface area (TPSA) is 18.5 Å². The number of hydrogen-bond donors (Lipinski definition) is 0. The lowest BCUT2D eigenvalue weighted by Gasteiger charge is -2.13. The monoisotopic (exact) mass is 235 g/mol. The standard InChI is InChI=1S/C15H23O2/c1-5-7-8-17-15-10-13(12(3)4)9-14(11-15)16-6-2/h9-12H,3,5-8H2,1-2,4H3. The molecule has 95 valence electrons. The molecule has 2 heteroatoms. The zero-order valence-corrected chi connectivity index (χ0v) is 11.2. The minimum Gasteiger partial charge on any atom is -0.494 e. The van der Waals surface area contributed by atoms with E-state index >= 15 is 0 Å². The van der Waals surface area contributed by atoms with Crippen LogP contribution in [0.3, 0.4) is 0 Å². The summed E-state index contributed by atoms with van der Waals surface area (Å²) in [4.78, 5) is 0. The average molecular weight is 235 g/mol. The summed E-state index contributed by atoms with van der Waals surface area (Å²) in [5.74, 6) is 1.99. The van der Waals surface area contributed by atoms with Crippen LogP contribution in [-0.4, -0.2) is 13.2 Å². The van der Waals surface area contributed by atoms with E-state index in [1.54, 1.807) is 0 Å². The summed E-state index contributed by atoms with van der Waals surface area (Å²) >= 11 is 0. The maximum atomic E-state index is 5.72. The highest BCUT2D eigenvalue weighted by atomic mass is 16.5. The Kier molecular flexibility index (Phi) is 5.88. The smallest absolute Gasteiger partial charge is 0.123 e. The van der Waals surface area contributed by atoms with Gasteiger partial charge in [0, 0.05) is 6.07 Å². The van der Waals surface area contributed by atoms with Crippen molar-refractivity contribution in [1.82, 2.24) is 0 Å². The zero-order valence-electron chi connectivity index (χ0n) is 11.2. The van der Waals surface area contributed by atoms with Crippen molar-refractivity contribution in [2.75, 3.05) is 13.2 Å². The van der Waals surface area contributed by atoms with Gasteiger partial charge >= 0.3 is 0 Å². The van der Waals surface area contributed by atoms with Gasteiger partial charge in [0.1, 0.15) is 11.5 Å². The summed E-state index contributed by atoms with van der Waals surface area (Å²) < 4.78 is 11.3. The van der Waals surface area contributed by atoms with Gasteiger partial charge < -0.3 is 9.47 Å². The van der Waals surface area contributed by atoms with Crippen molar-refractivity contribution in [1.29, 1.82) is 0 Å². The van der Waals surface area contributed by atoms with E-state index < -0.39 is 0 Å². The van der Waals surface area contributed by atoms with E-state index in [9.17, 15) is 0 Å². The second-order valence-electron chi connectivity index (χ2n) is 4.27. The second kappa shape index (κ2) is 7.21. The van der Waals surface area contributed by atoms with Gasteiger partial charge in [0.25, 0.3) is 0 Å². The lowest BCUT2D eigenvalue weighted by atomic mass is 10.0. The molecule has 17 heavy (non-hydrogen) atoms. The van der Waals surface area contributed by atoms with Crippen LogP contribution < -0.4 is 9.47 Å². The third-order valence-electron chi connectivity index (χ3n) is 2.55. The molecule has 1 rings (SSSR count). The molecule has 2 nitrogen and oxygen atoms in total. The average Bonchev–Trinajstić information content (AvgIpc) is 2.29. The van der Waals surface area contributed by atoms with E-state index in [1.165, 1.54) is 0 Å². The summed E-state index contributed by atoms with van der Waals surface area (Å²) in [7, 11) is 0. The second-order valence-corrected chi connectivity index (χ2v) is 4.27. The summed E-state index contributed by atoms with van der Waals surface area (Å²) in [5, 5.41) is 0. The van der Waals surface area contributed by atoms with Gasteiger partial charge in [-0.25, -0.2) is 0 Å². The Morgan fingerprint density at radius 1 is 1.12 bits per heavy atom. The molecule has 0 spiro atoms. The SMILES string of the molecule is [CH2]C(C)c1cc(OCC)cc(OCCCC)c1. The van der Waals surface area contributed by atoms with Crippen LogP contribution >= 0.6 is 0 Å². The molecule has 1 atom stereocenters. The van der Waals surface area contributed by atoms with Crippen molar-refractivity contribution in [3.63, 3.8) is 0 Å². The van der Waals surface area contributed by atoms with Crippen LogP contribution in [0.25, 0.3) is 0 Å². The third kappa shape index (κ3) is 4.68. The Balaban J connectivity index is 2.79. The molecule has 0 fully saturated rings. The molecule has 0 aliphatic rings. The van der Waals surface area contributed by atoms with Crippen molar-refractivity contribution in [2.45, 2.75) is 39.5 Å². The third-order valence-corrected chi connectivity index (χ3v) is 2.55. The minimum absolute atomic E-state index is 0.240. The van der Waals surface area contributed by atoms with Gasteiger partial charge in [-0.05, 0) is 43.9 Å². The molecular formula is C15H23O2. The fourth-order valence-corrected chi connectivity index (χ4v) is 1.55. The molecule has 0 amide bonds. The van der Waals surface area contributed by atoms with E-state index in [2.05, 4.69) is 26.8 Å². The molecule has 0 aromatic heterocycles. The largest absolute Gasteiger partial charge is 0.494 e.